The molecule has 0 aliphatic rings. The minimum atomic E-state index is -0.217. The fourth-order valence-electron chi connectivity index (χ4n) is 2.30. The average molecular weight is 340 g/mol. The van der Waals surface area contributed by atoms with Gasteiger partial charge in [0.1, 0.15) is 5.82 Å². The third kappa shape index (κ3) is 3.67. The monoisotopic (exact) mass is 339 g/mol. The smallest absolute Gasteiger partial charge is 0.137 e. The first-order valence-electron chi connectivity index (χ1n) is 6.77. The van der Waals surface area contributed by atoms with Crippen molar-refractivity contribution in [3.05, 3.63) is 52.0 Å². The van der Waals surface area contributed by atoms with Crippen LogP contribution < -0.4 is 5.32 Å². The SMILES string of the molecule is CCNC(CCc1ccnn1C)c1ccc(Br)c(F)c1. The first-order chi connectivity index (χ1) is 9.61. The molecule has 3 nitrogen and oxygen atoms in total. The van der Waals surface area contributed by atoms with Crippen LogP contribution in [0, 0.1) is 5.82 Å². The fourth-order valence-corrected chi connectivity index (χ4v) is 2.55. The molecule has 1 aromatic carbocycles. The second-order valence-electron chi connectivity index (χ2n) is 4.77. The van der Waals surface area contributed by atoms with Crippen LogP contribution in [-0.4, -0.2) is 16.3 Å². The van der Waals surface area contributed by atoms with Crippen LogP contribution in [0.25, 0.3) is 0 Å². The van der Waals surface area contributed by atoms with E-state index in [0.29, 0.717) is 4.47 Å². The van der Waals surface area contributed by atoms with Crippen molar-refractivity contribution in [3.63, 3.8) is 0 Å². The van der Waals surface area contributed by atoms with E-state index in [9.17, 15) is 4.39 Å². The summed E-state index contributed by atoms with van der Waals surface area (Å²) in [4.78, 5) is 0. The Kier molecular flexibility index (Phi) is 5.31. The predicted molar refractivity (Wildman–Crippen MR) is 82.0 cm³/mol. The van der Waals surface area contributed by atoms with Gasteiger partial charge in [-0.15, -0.1) is 0 Å². The van der Waals surface area contributed by atoms with Crippen molar-refractivity contribution < 1.29 is 4.39 Å². The van der Waals surface area contributed by atoms with Gasteiger partial charge in [0.05, 0.1) is 4.47 Å². The highest BCUT2D eigenvalue weighted by Crippen LogP contribution is 2.23. The summed E-state index contributed by atoms with van der Waals surface area (Å²) in [5.74, 6) is -0.217. The summed E-state index contributed by atoms with van der Waals surface area (Å²) >= 11 is 3.19. The predicted octanol–water partition coefficient (Wildman–Crippen LogP) is 3.61. The lowest BCUT2D eigenvalue weighted by atomic mass is 10.0. The van der Waals surface area contributed by atoms with Crippen LogP contribution in [0.4, 0.5) is 4.39 Å². The summed E-state index contributed by atoms with van der Waals surface area (Å²) in [5.41, 5.74) is 2.17. The van der Waals surface area contributed by atoms with Gasteiger partial charge in [0, 0.05) is 25.0 Å². The minimum Gasteiger partial charge on any atom is -0.310 e. The fraction of sp³-hybridized carbons (Fsp3) is 0.400. The molecule has 0 saturated heterocycles. The first kappa shape index (κ1) is 15.2. The van der Waals surface area contributed by atoms with E-state index >= 15 is 0 Å². The van der Waals surface area contributed by atoms with Gasteiger partial charge in [-0.1, -0.05) is 13.0 Å². The molecule has 1 atom stereocenters. The Labute approximate surface area is 127 Å². The van der Waals surface area contributed by atoms with Crippen LogP contribution in [0.2, 0.25) is 0 Å². The second-order valence-corrected chi connectivity index (χ2v) is 5.62. The summed E-state index contributed by atoms with van der Waals surface area (Å²) in [6.07, 6.45) is 3.62. The number of nitrogens with one attached hydrogen (secondary N) is 1. The zero-order chi connectivity index (χ0) is 14.5. The Morgan fingerprint density at radius 1 is 1.40 bits per heavy atom. The van der Waals surface area contributed by atoms with E-state index < -0.39 is 0 Å². The quantitative estimate of drug-likeness (QED) is 0.871. The highest BCUT2D eigenvalue weighted by molar-refractivity contribution is 9.10. The van der Waals surface area contributed by atoms with E-state index in [1.165, 1.54) is 5.69 Å². The van der Waals surface area contributed by atoms with Crippen LogP contribution in [0.3, 0.4) is 0 Å². The molecular weight excluding hydrogens is 321 g/mol. The van der Waals surface area contributed by atoms with E-state index in [-0.39, 0.29) is 11.9 Å². The van der Waals surface area contributed by atoms with Crippen molar-refractivity contribution in [3.8, 4) is 0 Å². The molecule has 2 aromatic rings. The van der Waals surface area contributed by atoms with E-state index in [2.05, 4.69) is 33.3 Å². The summed E-state index contributed by atoms with van der Waals surface area (Å²) in [6, 6.07) is 7.49. The van der Waals surface area contributed by atoms with Gasteiger partial charge in [0.15, 0.2) is 0 Å². The Morgan fingerprint density at radius 2 is 2.20 bits per heavy atom. The summed E-state index contributed by atoms with van der Waals surface area (Å²) < 4.78 is 16.1. The maximum Gasteiger partial charge on any atom is 0.137 e. The van der Waals surface area contributed by atoms with Gasteiger partial charge in [-0.25, -0.2) is 4.39 Å². The lowest BCUT2D eigenvalue weighted by molar-refractivity contribution is 0.502. The molecule has 108 valence electrons. The van der Waals surface area contributed by atoms with E-state index in [1.807, 2.05) is 23.9 Å². The average Bonchev–Trinajstić information content (AvgIpc) is 2.83. The van der Waals surface area contributed by atoms with Crippen molar-refractivity contribution in [1.82, 2.24) is 15.1 Å². The summed E-state index contributed by atoms with van der Waals surface area (Å²) in [6.45, 7) is 2.92. The number of hydrogen-bond acceptors (Lipinski definition) is 2. The largest absolute Gasteiger partial charge is 0.310 e. The molecule has 0 amide bonds. The number of rotatable bonds is 6. The number of benzene rings is 1. The van der Waals surface area contributed by atoms with Gasteiger partial charge in [-0.2, -0.15) is 5.10 Å². The molecule has 2 rings (SSSR count). The van der Waals surface area contributed by atoms with Crippen molar-refractivity contribution in [2.75, 3.05) is 6.54 Å². The standard InChI is InChI=1S/C15H19BrFN3/c1-3-18-15(7-5-12-8-9-19-20(12)2)11-4-6-13(16)14(17)10-11/h4,6,8-10,15,18H,3,5,7H2,1-2H3. The molecule has 0 saturated carbocycles. The molecule has 0 spiro atoms. The topological polar surface area (TPSA) is 29.9 Å². The van der Waals surface area contributed by atoms with Gasteiger partial charge in [-0.3, -0.25) is 4.68 Å². The number of halogens is 2. The lowest BCUT2D eigenvalue weighted by Crippen LogP contribution is -2.22. The zero-order valence-electron chi connectivity index (χ0n) is 11.7. The van der Waals surface area contributed by atoms with Gasteiger partial charge in [0.2, 0.25) is 0 Å². The minimum absolute atomic E-state index is 0.150. The molecule has 1 aromatic heterocycles. The third-order valence-electron chi connectivity index (χ3n) is 3.41. The molecule has 0 bridgehead atoms. The number of hydrogen-bond donors (Lipinski definition) is 1. The molecule has 20 heavy (non-hydrogen) atoms. The lowest BCUT2D eigenvalue weighted by Gasteiger charge is -2.18. The van der Waals surface area contributed by atoms with Gasteiger partial charge in [-0.05, 0) is 59.1 Å². The summed E-state index contributed by atoms with van der Waals surface area (Å²) in [5, 5.41) is 7.58. The molecule has 1 heterocycles. The van der Waals surface area contributed by atoms with Crippen molar-refractivity contribution in [2.45, 2.75) is 25.8 Å². The van der Waals surface area contributed by atoms with Crippen LogP contribution in [0.15, 0.2) is 34.9 Å². The second kappa shape index (κ2) is 6.99. The molecule has 0 aliphatic carbocycles. The van der Waals surface area contributed by atoms with Crippen LogP contribution >= 0.6 is 15.9 Å². The van der Waals surface area contributed by atoms with Crippen molar-refractivity contribution in [2.24, 2.45) is 7.05 Å². The molecular formula is C15H19BrFN3. The van der Waals surface area contributed by atoms with Crippen molar-refractivity contribution >= 4 is 15.9 Å². The highest BCUT2D eigenvalue weighted by atomic mass is 79.9. The Bertz CT molecular complexity index is 568. The zero-order valence-corrected chi connectivity index (χ0v) is 13.3. The Balaban J connectivity index is 2.10. The van der Waals surface area contributed by atoms with E-state index in [0.717, 1.165) is 24.9 Å². The maximum atomic E-state index is 13.7. The first-order valence-corrected chi connectivity index (χ1v) is 7.56. The molecule has 1 N–H and O–H groups in total. The highest BCUT2D eigenvalue weighted by Gasteiger charge is 2.13. The Hall–Kier alpha value is -1.20. The van der Waals surface area contributed by atoms with Gasteiger partial charge in [0.25, 0.3) is 0 Å². The van der Waals surface area contributed by atoms with E-state index in [4.69, 9.17) is 0 Å². The maximum absolute atomic E-state index is 13.7. The Morgan fingerprint density at radius 3 is 2.80 bits per heavy atom. The number of nitrogens with zero attached hydrogens (tertiary/aromatic N) is 2. The van der Waals surface area contributed by atoms with Gasteiger partial charge >= 0.3 is 0 Å². The van der Waals surface area contributed by atoms with Crippen LogP contribution in [0.1, 0.15) is 30.6 Å². The summed E-state index contributed by atoms with van der Waals surface area (Å²) in [7, 11) is 1.94. The normalized spacial score (nSPS) is 12.6. The third-order valence-corrected chi connectivity index (χ3v) is 4.05. The molecule has 0 aliphatic heterocycles. The molecule has 1 unspecified atom stereocenters. The molecule has 5 heteroatoms. The van der Waals surface area contributed by atoms with E-state index in [1.54, 1.807) is 18.3 Å². The number of aryl methyl sites for hydroxylation is 2. The molecule has 0 radical (unpaired) electrons. The van der Waals surface area contributed by atoms with Gasteiger partial charge < -0.3 is 5.32 Å². The van der Waals surface area contributed by atoms with Crippen LogP contribution in [-0.2, 0) is 13.5 Å². The van der Waals surface area contributed by atoms with Crippen molar-refractivity contribution in [1.29, 1.82) is 0 Å². The molecule has 0 fully saturated rings. The number of aromatic nitrogens is 2. The van der Waals surface area contributed by atoms with Crippen LogP contribution in [0.5, 0.6) is 0 Å².